The van der Waals surface area contributed by atoms with E-state index in [1.165, 1.54) is 17.7 Å². The molecule has 9 heteroatoms. The molecular weight excluding hydrogens is 294 g/mol. The molecule has 0 spiro atoms. The molecule has 0 radical (unpaired) electrons. The summed E-state index contributed by atoms with van der Waals surface area (Å²) in [6.45, 7) is -1.47. The second kappa shape index (κ2) is 5.76. The van der Waals surface area contributed by atoms with Crippen molar-refractivity contribution in [2.24, 2.45) is 0 Å². The monoisotopic (exact) mass is 307 g/mol. The Morgan fingerprint density at radius 1 is 1.33 bits per heavy atom. The van der Waals surface area contributed by atoms with Crippen molar-refractivity contribution >= 4 is 17.0 Å². The predicted octanol–water partition coefficient (Wildman–Crippen LogP) is 2.35. The van der Waals surface area contributed by atoms with E-state index in [4.69, 9.17) is 10.5 Å². The maximum Gasteiger partial charge on any atom is 0.411 e. The Morgan fingerprint density at radius 2 is 2.05 bits per heavy atom. The summed E-state index contributed by atoms with van der Waals surface area (Å²) in [5, 5.41) is 0. The van der Waals surface area contributed by atoms with E-state index < -0.39 is 18.6 Å². The van der Waals surface area contributed by atoms with Crippen LogP contribution in [0.2, 0.25) is 0 Å². The average molecular weight is 307 g/mol. The summed E-state index contributed by atoms with van der Waals surface area (Å²) in [6, 6.07) is 2.54. The second-order valence-electron chi connectivity index (χ2n) is 4.26. The fraction of sp³-hybridized carbons (Fsp3) is 0.417. The van der Waals surface area contributed by atoms with Gasteiger partial charge in [0, 0.05) is 18.7 Å². The number of anilines is 1. The first-order valence-corrected chi connectivity index (χ1v) is 5.95. The first kappa shape index (κ1) is 15.4. The van der Waals surface area contributed by atoms with E-state index in [1.807, 2.05) is 0 Å². The number of hydrogen-bond acceptors (Lipinski definition) is 4. The quantitative estimate of drug-likeness (QED) is 0.680. The van der Waals surface area contributed by atoms with Crippen molar-refractivity contribution in [1.29, 1.82) is 0 Å². The fourth-order valence-corrected chi connectivity index (χ4v) is 1.88. The van der Waals surface area contributed by atoms with E-state index in [2.05, 4.69) is 9.72 Å². The molecule has 0 bridgehead atoms. The third-order valence-corrected chi connectivity index (χ3v) is 2.78. The first-order valence-electron chi connectivity index (χ1n) is 5.95. The Kier molecular flexibility index (Phi) is 4.21. The minimum Gasteiger partial charge on any atom is -0.494 e. The Morgan fingerprint density at radius 3 is 2.67 bits per heavy atom. The van der Waals surface area contributed by atoms with Gasteiger partial charge in [0.15, 0.2) is 11.6 Å². The summed E-state index contributed by atoms with van der Waals surface area (Å²) in [5.41, 5.74) is 6.43. The number of nitrogens with zero attached hydrogens (tertiary/aromatic N) is 2. The Balaban J connectivity index is 2.17. The van der Waals surface area contributed by atoms with Crippen molar-refractivity contribution in [3.8, 4) is 5.75 Å². The first-order chi connectivity index (χ1) is 9.81. The summed E-state index contributed by atoms with van der Waals surface area (Å²) in [7, 11) is 1.31. The number of benzene rings is 1. The van der Waals surface area contributed by atoms with Crippen LogP contribution in [0, 0.1) is 5.82 Å². The summed E-state index contributed by atoms with van der Waals surface area (Å²) < 4.78 is 60.3. The van der Waals surface area contributed by atoms with Gasteiger partial charge in [-0.2, -0.15) is 13.2 Å². The van der Waals surface area contributed by atoms with Crippen molar-refractivity contribution in [1.82, 2.24) is 9.55 Å². The lowest BCUT2D eigenvalue weighted by molar-refractivity contribution is -0.174. The normalized spacial score (nSPS) is 12.0. The molecule has 0 aliphatic heterocycles. The van der Waals surface area contributed by atoms with Gasteiger partial charge < -0.3 is 19.8 Å². The molecule has 0 saturated heterocycles. The molecule has 2 aromatic rings. The molecule has 2 N–H and O–H groups in total. The molecule has 0 aliphatic rings. The van der Waals surface area contributed by atoms with E-state index in [-0.39, 0.29) is 24.8 Å². The second-order valence-corrected chi connectivity index (χ2v) is 4.26. The van der Waals surface area contributed by atoms with Gasteiger partial charge in [-0.05, 0) is 0 Å². The number of ether oxygens (including phenoxy) is 2. The number of methoxy groups -OCH3 is 1. The zero-order valence-corrected chi connectivity index (χ0v) is 11.1. The molecule has 2 rings (SSSR count). The number of nitrogens with two attached hydrogens (primary N) is 1. The smallest absolute Gasteiger partial charge is 0.411 e. The van der Waals surface area contributed by atoms with Crippen molar-refractivity contribution < 1.29 is 27.0 Å². The lowest BCUT2D eigenvalue weighted by atomic mass is 10.3. The number of nitrogen functional groups attached to an aromatic ring is 1. The fourth-order valence-electron chi connectivity index (χ4n) is 1.88. The molecule has 0 aliphatic carbocycles. The van der Waals surface area contributed by atoms with Crippen LogP contribution in [0.15, 0.2) is 12.1 Å². The van der Waals surface area contributed by atoms with E-state index in [0.29, 0.717) is 11.0 Å². The van der Waals surface area contributed by atoms with Crippen LogP contribution in [-0.2, 0) is 11.3 Å². The van der Waals surface area contributed by atoms with Gasteiger partial charge in [0.2, 0.25) is 5.95 Å². The topological polar surface area (TPSA) is 62.3 Å². The van der Waals surface area contributed by atoms with E-state index in [1.54, 1.807) is 0 Å². The lowest BCUT2D eigenvalue weighted by Crippen LogP contribution is -2.19. The summed E-state index contributed by atoms with van der Waals surface area (Å²) >= 11 is 0. The highest BCUT2D eigenvalue weighted by Crippen LogP contribution is 2.26. The molecule has 21 heavy (non-hydrogen) atoms. The van der Waals surface area contributed by atoms with Crippen LogP contribution in [0.4, 0.5) is 23.5 Å². The van der Waals surface area contributed by atoms with Crippen LogP contribution in [-0.4, -0.2) is 36.1 Å². The zero-order chi connectivity index (χ0) is 15.6. The van der Waals surface area contributed by atoms with Gasteiger partial charge >= 0.3 is 6.18 Å². The molecular formula is C12H13F4N3O2. The Bertz CT molecular complexity index is 639. The van der Waals surface area contributed by atoms with Gasteiger partial charge in [-0.25, -0.2) is 9.37 Å². The third-order valence-electron chi connectivity index (χ3n) is 2.78. The molecule has 0 amide bonds. The number of alkyl halides is 3. The van der Waals surface area contributed by atoms with E-state index in [9.17, 15) is 17.6 Å². The minimum atomic E-state index is -4.38. The summed E-state index contributed by atoms with van der Waals surface area (Å²) in [4.78, 5) is 3.94. The molecule has 0 fully saturated rings. The SMILES string of the molecule is COc1cc2c(cc1F)nc(N)n2CCOCC(F)(F)F. The summed E-state index contributed by atoms with van der Waals surface area (Å²) in [5.74, 6) is -0.531. The van der Waals surface area contributed by atoms with Crippen LogP contribution >= 0.6 is 0 Å². The molecule has 1 aromatic carbocycles. The number of rotatable bonds is 5. The van der Waals surface area contributed by atoms with Crippen molar-refractivity contribution in [3.63, 3.8) is 0 Å². The van der Waals surface area contributed by atoms with Gasteiger partial charge in [-0.1, -0.05) is 0 Å². The van der Waals surface area contributed by atoms with Crippen LogP contribution in [0.3, 0.4) is 0 Å². The van der Waals surface area contributed by atoms with E-state index >= 15 is 0 Å². The molecule has 5 nitrogen and oxygen atoms in total. The number of aromatic nitrogens is 2. The van der Waals surface area contributed by atoms with Gasteiger partial charge in [-0.15, -0.1) is 0 Å². The van der Waals surface area contributed by atoms with Crippen molar-refractivity contribution in [2.75, 3.05) is 26.1 Å². The predicted molar refractivity (Wildman–Crippen MR) is 67.5 cm³/mol. The van der Waals surface area contributed by atoms with Crippen LogP contribution in [0.1, 0.15) is 0 Å². The summed E-state index contributed by atoms with van der Waals surface area (Å²) in [6.07, 6.45) is -4.38. The highest BCUT2D eigenvalue weighted by molar-refractivity contribution is 5.80. The Labute approximate surface area is 117 Å². The minimum absolute atomic E-state index is 0.000130. The molecule has 1 aromatic heterocycles. The molecule has 0 atom stereocenters. The molecule has 0 saturated carbocycles. The van der Waals surface area contributed by atoms with Gasteiger partial charge in [0.05, 0.1) is 24.8 Å². The van der Waals surface area contributed by atoms with E-state index in [0.717, 1.165) is 6.07 Å². The van der Waals surface area contributed by atoms with Gasteiger partial charge in [0.25, 0.3) is 0 Å². The zero-order valence-electron chi connectivity index (χ0n) is 11.1. The number of imidazole rings is 1. The standard InChI is InChI=1S/C12H13F4N3O2/c1-20-10-5-9-8(4-7(10)13)18-11(17)19(9)2-3-21-6-12(14,15)16/h4-5H,2-3,6H2,1H3,(H2,17,18). The van der Waals surface area contributed by atoms with Crippen molar-refractivity contribution in [3.05, 3.63) is 17.9 Å². The van der Waals surface area contributed by atoms with Crippen LogP contribution < -0.4 is 10.5 Å². The largest absolute Gasteiger partial charge is 0.494 e. The highest BCUT2D eigenvalue weighted by Gasteiger charge is 2.27. The number of hydrogen-bond donors (Lipinski definition) is 1. The maximum absolute atomic E-state index is 13.5. The van der Waals surface area contributed by atoms with Gasteiger partial charge in [-0.3, -0.25) is 0 Å². The average Bonchev–Trinajstić information content (AvgIpc) is 2.67. The van der Waals surface area contributed by atoms with Gasteiger partial charge in [0.1, 0.15) is 6.61 Å². The number of fused-ring (bicyclic) bond motifs is 1. The lowest BCUT2D eigenvalue weighted by Gasteiger charge is -2.10. The third kappa shape index (κ3) is 3.54. The van der Waals surface area contributed by atoms with Crippen molar-refractivity contribution in [2.45, 2.75) is 12.7 Å². The highest BCUT2D eigenvalue weighted by atomic mass is 19.4. The van der Waals surface area contributed by atoms with Crippen LogP contribution in [0.25, 0.3) is 11.0 Å². The molecule has 116 valence electrons. The number of halogens is 4. The molecule has 0 unspecified atom stereocenters. The Hall–Kier alpha value is -2.03. The molecule has 1 heterocycles. The van der Waals surface area contributed by atoms with Crippen LogP contribution in [0.5, 0.6) is 5.75 Å². The maximum atomic E-state index is 13.5.